The maximum Gasteiger partial charge on any atom is 0.242 e. The topological polar surface area (TPSA) is 84.2 Å². The summed E-state index contributed by atoms with van der Waals surface area (Å²) in [5.41, 5.74) is 4.95. The molecule has 4 N–H and O–H groups in total. The smallest absolute Gasteiger partial charge is 0.242 e. The number of hydrogen-bond donors (Lipinski definition) is 3. The van der Waals surface area contributed by atoms with E-state index in [-0.39, 0.29) is 16.8 Å². The molecule has 110 valence electrons. The zero-order valence-electron chi connectivity index (χ0n) is 12.2. The molecule has 0 saturated carbocycles. The second-order valence-electron chi connectivity index (χ2n) is 4.76. The summed E-state index contributed by atoms with van der Waals surface area (Å²) < 4.78 is 0. The Bertz CT molecular complexity index is 339. The Morgan fingerprint density at radius 1 is 1.26 bits per heavy atom. The fourth-order valence-corrected chi connectivity index (χ4v) is 2.48. The average Bonchev–Trinajstić information content (AvgIpc) is 2.36. The van der Waals surface area contributed by atoms with Gasteiger partial charge in [-0.05, 0) is 19.8 Å². The van der Waals surface area contributed by atoms with Gasteiger partial charge in [0, 0.05) is 7.05 Å². The van der Waals surface area contributed by atoms with E-state index in [1.807, 2.05) is 13.8 Å². The lowest BCUT2D eigenvalue weighted by atomic mass is 9.78. The van der Waals surface area contributed by atoms with Crippen molar-refractivity contribution in [1.82, 2.24) is 10.6 Å². The van der Waals surface area contributed by atoms with Crippen molar-refractivity contribution in [3.63, 3.8) is 0 Å². The van der Waals surface area contributed by atoms with Gasteiger partial charge in [0.2, 0.25) is 11.8 Å². The Morgan fingerprint density at radius 2 is 1.74 bits per heavy atom. The molecule has 0 radical (unpaired) electrons. The first-order valence-electron chi connectivity index (χ1n) is 6.68. The van der Waals surface area contributed by atoms with Crippen LogP contribution in [0.15, 0.2) is 0 Å². The van der Waals surface area contributed by atoms with E-state index < -0.39 is 11.5 Å². The van der Waals surface area contributed by atoms with E-state index in [2.05, 4.69) is 10.6 Å². The largest absolute Gasteiger partial charge is 0.392 e. The standard InChI is InChI=1S/C13H25N3O2S/c1-5-7-13(8-6-2,11(14)19)12(18)16-9(3)10(17)15-4/h9H,5-8H2,1-4H3,(H2,14,19)(H,15,17)(H,16,18). The van der Waals surface area contributed by atoms with Gasteiger partial charge in [0.15, 0.2) is 0 Å². The molecule has 0 fully saturated rings. The first kappa shape index (κ1) is 17.8. The lowest BCUT2D eigenvalue weighted by molar-refractivity contribution is -0.132. The Labute approximate surface area is 120 Å². The van der Waals surface area contributed by atoms with Gasteiger partial charge in [0.1, 0.15) is 6.04 Å². The SMILES string of the molecule is CCCC(CCC)(C(=O)NC(C)C(=O)NC)C(N)=S. The van der Waals surface area contributed by atoms with Crippen molar-refractivity contribution in [2.45, 2.75) is 52.5 Å². The van der Waals surface area contributed by atoms with Crippen molar-refractivity contribution < 1.29 is 9.59 Å². The molecule has 0 aliphatic carbocycles. The Morgan fingerprint density at radius 3 is 2.05 bits per heavy atom. The van der Waals surface area contributed by atoms with Crippen molar-refractivity contribution in [2.24, 2.45) is 11.1 Å². The minimum atomic E-state index is -0.846. The van der Waals surface area contributed by atoms with Crippen molar-refractivity contribution in [3.05, 3.63) is 0 Å². The molecule has 0 aromatic heterocycles. The van der Waals surface area contributed by atoms with Gasteiger partial charge in [-0.2, -0.15) is 0 Å². The van der Waals surface area contributed by atoms with Crippen LogP contribution >= 0.6 is 12.2 Å². The molecular weight excluding hydrogens is 262 g/mol. The number of carbonyl (C=O) groups excluding carboxylic acids is 2. The average molecular weight is 287 g/mol. The van der Waals surface area contributed by atoms with Gasteiger partial charge in [-0.3, -0.25) is 9.59 Å². The van der Waals surface area contributed by atoms with Gasteiger partial charge >= 0.3 is 0 Å². The second-order valence-corrected chi connectivity index (χ2v) is 5.20. The Hall–Kier alpha value is -1.17. The van der Waals surface area contributed by atoms with Crippen molar-refractivity contribution in [1.29, 1.82) is 0 Å². The number of carbonyl (C=O) groups is 2. The zero-order chi connectivity index (χ0) is 15.1. The molecule has 0 heterocycles. The molecule has 0 aromatic carbocycles. The highest BCUT2D eigenvalue weighted by atomic mass is 32.1. The van der Waals surface area contributed by atoms with Crippen LogP contribution in [-0.4, -0.2) is 29.9 Å². The van der Waals surface area contributed by atoms with Crippen LogP contribution in [0.1, 0.15) is 46.5 Å². The predicted octanol–water partition coefficient (Wildman–Crippen LogP) is 1.11. The highest BCUT2D eigenvalue weighted by Gasteiger charge is 2.40. The first-order chi connectivity index (χ1) is 8.85. The molecule has 19 heavy (non-hydrogen) atoms. The number of hydrogen-bond acceptors (Lipinski definition) is 3. The summed E-state index contributed by atoms with van der Waals surface area (Å²) in [6.45, 7) is 5.61. The first-order valence-corrected chi connectivity index (χ1v) is 7.09. The van der Waals surface area contributed by atoms with Crippen LogP contribution in [0.25, 0.3) is 0 Å². The van der Waals surface area contributed by atoms with Gasteiger partial charge in [-0.1, -0.05) is 38.9 Å². The van der Waals surface area contributed by atoms with Crippen molar-refractivity contribution in [3.8, 4) is 0 Å². The van der Waals surface area contributed by atoms with Gasteiger partial charge in [0.05, 0.1) is 10.4 Å². The van der Waals surface area contributed by atoms with Gasteiger partial charge in [-0.25, -0.2) is 0 Å². The van der Waals surface area contributed by atoms with Crippen LogP contribution in [0.4, 0.5) is 0 Å². The summed E-state index contributed by atoms with van der Waals surface area (Å²) in [6.07, 6.45) is 2.81. The fraction of sp³-hybridized carbons (Fsp3) is 0.769. The van der Waals surface area contributed by atoms with Crippen molar-refractivity contribution >= 4 is 29.0 Å². The molecule has 1 atom stereocenters. The van der Waals surface area contributed by atoms with Crippen LogP contribution in [0.2, 0.25) is 0 Å². The summed E-state index contributed by atoms with van der Waals surface area (Å²) >= 11 is 5.10. The number of amides is 2. The van der Waals surface area contributed by atoms with Crippen molar-refractivity contribution in [2.75, 3.05) is 7.05 Å². The monoisotopic (exact) mass is 287 g/mol. The summed E-state index contributed by atoms with van der Waals surface area (Å²) in [5, 5.41) is 5.20. The molecule has 0 saturated heterocycles. The number of rotatable bonds is 8. The lowest BCUT2D eigenvalue weighted by Crippen LogP contribution is -2.54. The number of nitrogens with two attached hydrogens (primary N) is 1. The summed E-state index contributed by atoms with van der Waals surface area (Å²) in [5.74, 6) is -0.488. The normalized spacial score (nSPS) is 12.6. The van der Waals surface area contributed by atoms with Crippen LogP contribution in [0.3, 0.4) is 0 Å². The van der Waals surface area contributed by atoms with E-state index >= 15 is 0 Å². The summed E-state index contributed by atoms with van der Waals surface area (Å²) in [7, 11) is 1.53. The number of thiocarbonyl (C=S) groups is 1. The molecule has 0 spiro atoms. The third kappa shape index (κ3) is 4.45. The zero-order valence-corrected chi connectivity index (χ0v) is 13.0. The molecule has 2 amide bonds. The maximum atomic E-state index is 12.5. The van der Waals surface area contributed by atoms with Gasteiger partial charge in [-0.15, -0.1) is 0 Å². The molecular formula is C13H25N3O2S. The highest BCUT2D eigenvalue weighted by molar-refractivity contribution is 7.80. The molecule has 1 unspecified atom stereocenters. The number of likely N-dealkylation sites (N-methyl/N-ethyl adjacent to an activating group) is 1. The highest BCUT2D eigenvalue weighted by Crippen LogP contribution is 2.31. The van der Waals surface area contributed by atoms with Crippen LogP contribution in [0, 0.1) is 5.41 Å². The summed E-state index contributed by atoms with van der Waals surface area (Å²) in [4.78, 5) is 24.1. The van der Waals surface area contributed by atoms with E-state index in [0.717, 1.165) is 12.8 Å². The summed E-state index contributed by atoms with van der Waals surface area (Å²) in [6, 6.07) is -0.597. The molecule has 6 heteroatoms. The lowest BCUT2D eigenvalue weighted by Gasteiger charge is -2.32. The Kier molecular flexibility index (Phi) is 7.59. The minimum Gasteiger partial charge on any atom is -0.392 e. The molecule has 5 nitrogen and oxygen atoms in total. The fourth-order valence-electron chi connectivity index (χ4n) is 2.18. The predicted molar refractivity (Wildman–Crippen MR) is 80.7 cm³/mol. The molecule has 0 bridgehead atoms. The van der Waals surface area contributed by atoms with E-state index in [9.17, 15) is 9.59 Å². The third-order valence-corrected chi connectivity index (χ3v) is 3.64. The second kappa shape index (κ2) is 8.09. The van der Waals surface area contributed by atoms with Gasteiger partial charge in [0.25, 0.3) is 0 Å². The molecule has 0 rings (SSSR count). The molecule has 0 aliphatic rings. The Balaban J connectivity index is 5.09. The molecule has 0 aliphatic heterocycles. The molecule has 0 aromatic rings. The maximum absolute atomic E-state index is 12.5. The van der Waals surface area contributed by atoms with E-state index in [4.69, 9.17) is 18.0 Å². The third-order valence-electron chi connectivity index (χ3n) is 3.25. The van der Waals surface area contributed by atoms with E-state index in [0.29, 0.717) is 12.8 Å². The quantitative estimate of drug-likeness (QED) is 0.584. The van der Waals surface area contributed by atoms with Crippen LogP contribution in [0.5, 0.6) is 0 Å². The number of nitrogens with one attached hydrogen (secondary N) is 2. The minimum absolute atomic E-state index is 0.206. The van der Waals surface area contributed by atoms with E-state index in [1.165, 1.54) is 7.05 Å². The van der Waals surface area contributed by atoms with Crippen LogP contribution < -0.4 is 16.4 Å². The van der Waals surface area contributed by atoms with Crippen LogP contribution in [-0.2, 0) is 9.59 Å². The van der Waals surface area contributed by atoms with Gasteiger partial charge < -0.3 is 16.4 Å². The van der Waals surface area contributed by atoms with E-state index in [1.54, 1.807) is 6.92 Å².